The van der Waals surface area contributed by atoms with Gasteiger partial charge >= 0.3 is 0 Å². The van der Waals surface area contributed by atoms with Crippen LogP contribution in [-0.2, 0) is 9.47 Å². The lowest BCUT2D eigenvalue weighted by Crippen LogP contribution is -2.27. The van der Waals surface area contributed by atoms with Gasteiger partial charge in [-0.05, 0) is 51.2 Å². The zero-order chi connectivity index (χ0) is 16.1. The van der Waals surface area contributed by atoms with Crippen LogP contribution in [0.2, 0.25) is 0 Å². The third-order valence-corrected chi connectivity index (χ3v) is 5.30. The Hall–Kier alpha value is -0.380. The predicted molar refractivity (Wildman–Crippen MR) is 91.9 cm³/mol. The number of thiophene rings is 1. The van der Waals surface area contributed by atoms with E-state index in [-0.39, 0.29) is 11.9 Å². The second-order valence-electron chi connectivity index (χ2n) is 7.15. The highest BCUT2D eigenvalue weighted by molar-refractivity contribution is 7.11. The zero-order valence-corrected chi connectivity index (χ0v) is 15.6. The first-order valence-electron chi connectivity index (χ1n) is 8.05. The summed E-state index contributed by atoms with van der Waals surface area (Å²) >= 11 is 1.76. The largest absolute Gasteiger partial charge is 0.348 e. The summed E-state index contributed by atoms with van der Waals surface area (Å²) in [4.78, 5) is 2.47. The van der Waals surface area contributed by atoms with Gasteiger partial charge in [0.25, 0.3) is 0 Å². The molecule has 3 heteroatoms. The van der Waals surface area contributed by atoms with Crippen molar-refractivity contribution in [3.05, 3.63) is 21.9 Å². The van der Waals surface area contributed by atoms with Crippen LogP contribution in [0.5, 0.6) is 0 Å². The molecule has 0 spiro atoms. The Balaban J connectivity index is 2.69. The van der Waals surface area contributed by atoms with Gasteiger partial charge < -0.3 is 9.47 Å². The van der Waals surface area contributed by atoms with E-state index in [0.29, 0.717) is 5.41 Å². The first-order valence-corrected chi connectivity index (χ1v) is 8.86. The second-order valence-corrected chi connectivity index (χ2v) is 8.47. The van der Waals surface area contributed by atoms with Crippen molar-refractivity contribution in [1.29, 1.82) is 0 Å². The average molecular weight is 313 g/mol. The third kappa shape index (κ3) is 6.50. The Morgan fingerprint density at radius 1 is 1.10 bits per heavy atom. The molecular formula is C18H32O2S. The molecule has 0 saturated heterocycles. The Bertz CT molecular complexity index is 421. The molecule has 0 N–H and O–H groups in total. The first-order chi connectivity index (χ1) is 9.69. The van der Waals surface area contributed by atoms with Gasteiger partial charge in [-0.3, -0.25) is 0 Å². The van der Waals surface area contributed by atoms with Crippen LogP contribution in [0.25, 0.3) is 0 Å². The summed E-state index contributed by atoms with van der Waals surface area (Å²) in [5.41, 5.74) is 0.166. The van der Waals surface area contributed by atoms with E-state index in [1.165, 1.54) is 16.2 Å². The molecule has 1 heterocycles. The number of hydrogen-bond donors (Lipinski definition) is 0. The molecule has 0 bridgehead atoms. The van der Waals surface area contributed by atoms with Gasteiger partial charge in [0.15, 0.2) is 6.29 Å². The number of ether oxygens (including phenoxy) is 2. The van der Waals surface area contributed by atoms with E-state index in [0.717, 1.165) is 19.4 Å². The van der Waals surface area contributed by atoms with Gasteiger partial charge in [-0.15, -0.1) is 11.3 Å². The Labute approximate surface area is 134 Å². The van der Waals surface area contributed by atoms with Crippen molar-refractivity contribution in [3.8, 4) is 0 Å². The molecule has 1 atom stereocenters. The molecule has 0 aliphatic carbocycles. The zero-order valence-electron chi connectivity index (χ0n) is 14.8. The molecule has 0 amide bonds. The summed E-state index contributed by atoms with van der Waals surface area (Å²) in [5.74, 6) is 0. The third-order valence-electron chi connectivity index (χ3n) is 4.28. The molecule has 0 aliphatic rings. The normalized spacial score (nSPS) is 14.4. The van der Waals surface area contributed by atoms with Gasteiger partial charge in [0.1, 0.15) is 0 Å². The smallest absolute Gasteiger partial charge is 0.193 e. The molecule has 21 heavy (non-hydrogen) atoms. The molecule has 1 aromatic rings. The van der Waals surface area contributed by atoms with Crippen molar-refractivity contribution < 1.29 is 9.47 Å². The minimum absolute atomic E-state index is 0.164. The molecule has 0 fully saturated rings. The Morgan fingerprint density at radius 3 is 2.24 bits per heavy atom. The molecule has 0 saturated carbocycles. The predicted octanol–water partition coefficient (Wildman–Crippen LogP) is 6.10. The molecule has 1 unspecified atom stereocenters. The fourth-order valence-electron chi connectivity index (χ4n) is 1.75. The minimum atomic E-state index is -0.244. The Morgan fingerprint density at radius 2 is 1.76 bits per heavy atom. The van der Waals surface area contributed by atoms with E-state index >= 15 is 0 Å². The van der Waals surface area contributed by atoms with Crippen LogP contribution >= 0.6 is 11.3 Å². The van der Waals surface area contributed by atoms with Crippen LogP contribution in [0, 0.1) is 12.3 Å². The topological polar surface area (TPSA) is 18.5 Å². The molecule has 1 aromatic heterocycles. The number of rotatable bonds is 9. The highest BCUT2D eigenvalue weighted by Crippen LogP contribution is 2.33. The quantitative estimate of drug-likeness (QED) is 0.513. The van der Waals surface area contributed by atoms with Crippen molar-refractivity contribution in [3.63, 3.8) is 0 Å². The molecule has 0 radical (unpaired) electrons. The van der Waals surface area contributed by atoms with Crippen molar-refractivity contribution >= 4 is 11.3 Å². The van der Waals surface area contributed by atoms with Gasteiger partial charge in [0.2, 0.25) is 0 Å². The van der Waals surface area contributed by atoms with Crippen molar-refractivity contribution in [2.45, 2.75) is 79.6 Å². The fourth-order valence-corrected chi connectivity index (χ4v) is 2.60. The summed E-state index contributed by atoms with van der Waals surface area (Å²) in [6.07, 6.45) is 2.95. The fraction of sp³-hybridized carbons (Fsp3) is 0.778. The Kier molecular flexibility index (Phi) is 6.89. The maximum Gasteiger partial charge on any atom is 0.193 e. The maximum absolute atomic E-state index is 6.22. The van der Waals surface area contributed by atoms with E-state index in [1.54, 1.807) is 11.3 Å². The van der Waals surface area contributed by atoms with Gasteiger partial charge in [0.05, 0.1) is 17.1 Å². The molecule has 1 rings (SSSR count). The summed E-state index contributed by atoms with van der Waals surface area (Å²) in [5, 5.41) is 0. The van der Waals surface area contributed by atoms with E-state index in [1.807, 2.05) is 0 Å². The molecule has 2 nitrogen and oxygen atoms in total. The summed E-state index contributed by atoms with van der Waals surface area (Å²) in [6.45, 7) is 16.1. The molecular weight excluding hydrogens is 280 g/mol. The van der Waals surface area contributed by atoms with Gasteiger partial charge in [0, 0.05) is 4.88 Å². The van der Waals surface area contributed by atoms with Crippen molar-refractivity contribution in [2.24, 2.45) is 5.41 Å². The van der Waals surface area contributed by atoms with Gasteiger partial charge in [-0.2, -0.15) is 0 Å². The molecule has 122 valence electrons. The van der Waals surface area contributed by atoms with E-state index in [2.05, 4.69) is 60.6 Å². The molecule has 0 aliphatic heterocycles. The minimum Gasteiger partial charge on any atom is -0.348 e. The second kappa shape index (κ2) is 7.75. The van der Waals surface area contributed by atoms with E-state index in [9.17, 15) is 0 Å². The first kappa shape index (κ1) is 18.7. The molecule has 0 aromatic carbocycles. The van der Waals surface area contributed by atoms with Gasteiger partial charge in [-0.1, -0.05) is 34.1 Å². The monoisotopic (exact) mass is 312 g/mol. The highest BCUT2D eigenvalue weighted by atomic mass is 32.1. The number of hydrogen-bond acceptors (Lipinski definition) is 3. The van der Waals surface area contributed by atoms with Gasteiger partial charge in [-0.25, -0.2) is 0 Å². The SMILES string of the molecule is CCC(C)(C)CCOC(OC(C)(C)CC)c1ccc(C)s1. The standard InChI is InChI=1S/C18H32O2S/c1-8-17(4,5)12-13-19-16(20-18(6,7)9-2)15-11-10-14(3)21-15/h10-11,16H,8-9,12-13H2,1-7H3. The number of aryl methyl sites for hydroxylation is 1. The summed E-state index contributed by atoms with van der Waals surface area (Å²) in [7, 11) is 0. The van der Waals surface area contributed by atoms with Crippen LogP contribution in [0.1, 0.15) is 76.8 Å². The van der Waals surface area contributed by atoms with Crippen LogP contribution in [0.4, 0.5) is 0 Å². The lowest BCUT2D eigenvalue weighted by Gasteiger charge is -2.30. The lowest BCUT2D eigenvalue weighted by molar-refractivity contribution is -0.207. The average Bonchev–Trinajstić information content (AvgIpc) is 2.84. The highest BCUT2D eigenvalue weighted by Gasteiger charge is 2.25. The van der Waals surface area contributed by atoms with Crippen LogP contribution in [-0.4, -0.2) is 12.2 Å². The van der Waals surface area contributed by atoms with E-state index in [4.69, 9.17) is 9.47 Å². The summed E-state index contributed by atoms with van der Waals surface area (Å²) in [6, 6.07) is 4.26. The lowest BCUT2D eigenvalue weighted by atomic mass is 9.87. The van der Waals surface area contributed by atoms with Crippen LogP contribution in [0.15, 0.2) is 12.1 Å². The van der Waals surface area contributed by atoms with E-state index < -0.39 is 0 Å². The van der Waals surface area contributed by atoms with Crippen molar-refractivity contribution in [2.75, 3.05) is 6.61 Å². The van der Waals surface area contributed by atoms with Crippen LogP contribution < -0.4 is 0 Å². The van der Waals surface area contributed by atoms with Crippen LogP contribution in [0.3, 0.4) is 0 Å². The summed E-state index contributed by atoms with van der Waals surface area (Å²) < 4.78 is 12.3. The maximum atomic E-state index is 6.22. The van der Waals surface area contributed by atoms with Crippen molar-refractivity contribution in [1.82, 2.24) is 0 Å².